The van der Waals surface area contributed by atoms with E-state index in [0.717, 1.165) is 89.9 Å². The quantitative estimate of drug-likeness (QED) is 0.0268. The van der Waals surface area contributed by atoms with Crippen LogP contribution < -0.4 is 5.11 Å². The maximum absolute atomic E-state index is 12.7. The van der Waals surface area contributed by atoms with Crippen molar-refractivity contribution in [3.8, 4) is 0 Å². The van der Waals surface area contributed by atoms with E-state index in [-0.39, 0.29) is 42.7 Å². The predicted molar refractivity (Wildman–Crippen MR) is 226 cm³/mol. The third-order valence-electron chi connectivity index (χ3n) is 9.20. The molecule has 0 fully saturated rings. The van der Waals surface area contributed by atoms with Crippen LogP contribution in [0.15, 0.2) is 72.9 Å². The van der Waals surface area contributed by atoms with Gasteiger partial charge < -0.3 is 28.6 Å². The highest BCUT2D eigenvalue weighted by Crippen LogP contribution is 2.12. The summed E-state index contributed by atoms with van der Waals surface area (Å²) in [5.74, 6) is -1.80. The molecule has 0 radical (unpaired) electrons. The molecule has 0 amide bonds. The molecule has 0 bridgehead atoms. The summed E-state index contributed by atoms with van der Waals surface area (Å²) in [6.45, 7) is 4.45. The van der Waals surface area contributed by atoms with Crippen LogP contribution in [-0.2, 0) is 28.6 Å². The first-order valence-corrected chi connectivity index (χ1v) is 21.5. The number of ether oxygens (including phenoxy) is 3. The van der Waals surface area contributed by atoms with E-state index in [4.69, 9.17) is 14.2 Å². The molecule has 55 heavy (non-hydrogen) atoms. The van der Waals surface area contributed by atoms with Gasteiger partial charge in [0.05, 0.1) is 40.3 Å². The molecular weight excluding hydrogens is 691 g/mol. The van der Waals surface area contributed by atoms with Crippen LogP contribution >= 0.6 is 0 Å². The van der Waals surface area contributed by atoms with Crippen LogP contribution in [0.2, 0.25) is 0 Å². The van der Waals surface area contributed by atoms with Crippen LogP contribution in [0.5, 0.6) is 0 Å². The number of carboxylic acids is 1. The van der Waals surface area contributed by atoms with Crippen LogP contribution in [-0.4, -0.2) is 75.5 Å². The van der Waals surface area contributed by atoms with Crippen molar-refractivity contribution in [2.24, 2.45) is 0 Å². The molecule has 0 aliphatic rings. The summed E-state index contributed by atoms with van der Waals surface area (Å²) in [6.07, 6.45) is 46.4. The van der Waals surface area contributed by atoms with E-state index in [9.17, 15) is 19.5 Å². The van der Waals surface area contributed by atoms with Crippen LogP contribution in [0.25, 0.3) is 0 Å². The van der Waals surface area contributed by atoms with Crippen LogP contribution in [0, 0.1) is 0 Å². The van der Waals surface area contributed by atoms with E-state index in [1.54, 1.807) is 21.1 Å². The molecule has 0 N–H and O–H groups in total. The van der Waals surface area contributed by atoms with Crippen LogP contribution in [0.1, 0.15) is 155 Å². The lowest BCUT2D eigenvalue weighted by atomic mass is 10.1. The number of hydrogen-bond donors (Lipinski definition) is 0. The Bertz CT molecular complexity index is 1130. The largest absolute Gasteiger partial charge is 0.544 e. The Morgan fingerprint density at radius 3 is 1.49 bits per heavy atom. The molecule has 8 nitrogen and oxygen atoms in total. The van der Waals surface area contributed by atoms with E-state index >= 15 is 0 Å². The number of nitrogens with zero attached hydrogens (tertiary/aromatic N) is 1. The lowest BCUT2D eigenvalue weighted by molar-refractivity contribution is -0.889. The molecular formula is C47H79NO7. The molecule has 8 heteroatoms. The highest BCUT2D eigenvalue weighted by Gasteiger charge is 2.25. The summed E-state index contributed by atoms with van der Waals surface area (Å²) in [7, 11) is 5.38. The Balaban J connectivity index is 4.44. The zero-order chi connectivity index (χ0) is 40.7. The lowest BCUT2D eigenvalue weighted by Crippen LogP contribution is -2.55. The highest BCUT2D eigenvalue weighted by molar-refractivity contribution is 5.70. The summed E-state index contributed by atoms with van der Waals surface area (Å²) in [5, 5.41) is 11.6. The molecule has 0 aliphatic carbocycles. The monoisotopic (exact) mass is 770 g/mol. The highest BCUT2D eigenvalue weighted by atomic mass is 16.6. The SMILES string of the molecule is CC/C=C/C=C/C=C/CCCCCCCC(=O)OCC(COCCC(C(=O)[O-])[N+](C)(C)C)OC(=O)CCCCCCC/C=C/C=C/C=C/CCCCCCC. The summed E-state index contributed by atoms with van der Waals surface area (Å²) in [4.78, 5) is 36.8. The number of quaternary nitrogens is 1. The first kappa shape index (κ1) is 51.8. The Morgan fingerprint density at radius 1 is 0.564 bits per heavy atom. The van der Waals surface area contributed by atoms with Gasteiger partial charge in [0.2, 0.25) is 0 Å². The number of hydrogen-bond acceptors (Lipinski definition) is 7. The van der Waals surface area contributed by atoms with Gasteiger partial charge >= 0.3 is 11.9 Å². The second-order valence-corrected chi connectivity index (χ2v) is 15.3. The second-order valence-electron chi connectivity index (χ2n) is 15.3. The summed E-state index contributed by atoms with van der Waals surface area (Å²) >= 11 is 0. The van der Waals surface area contributed by atoms with Crippen molar-refractivity contribution in [1.29, 1.82) is 0 Å². The van der Waals surface area contributed by atoms with Gasteiger partial charge in [-0.2, -0.15) is 0 Å². The van der Waals surface area contributed by atoms with Gasteiger partial charge in [0.1, 0.15) is 12.6 Å². The van der Waals surface area contributed by atoms with E-state index in [1.165, 1.54) is 32.1 Å². The molecule has 0 spiro atoms. The molecule has 0 saturated heterocycles. The van der Waals surface area contributed by atoms with Gasteiger partial charge in [-0.3, -0.25) is 9.59 Å². The Morgan fingerprint density at radius 2 is 1.02 bits per heavy atom. The molecule has 2 unspecified atom stereocenters. The standard InChI is InChI=1S/C47H79NO7/c1-6-8-10-12-14-16-18-20-21-22-23-24-26-28-30-32-34-36-38-46(50)55-43(41-53-40-39-44(47(51)52)48(3,4)5)42-54-45(49)37-35-33-31-29-27-25-19-17-15-13-11-9-7-2/h9,11,13,15,17-24,43-44H,6-8,10,12,14,16,25-42H2,1-5H3/b11-9+,15-13+,19-17+,20-18+,22-21+,24-23+. The summed E-state index contributed by atoms with van der Waals surface area (Å²) < 4.78 is 17.1. The average Bonchev–Trinajstić information content (AvgIpc) is 3.14. The number of unbranched alkanes of at least 4 members (excludes halogenated alkanes) is 15. The van der Waals surface area contributed by atoms with Crippen molar-refractivity contribution in [2.45, 2.75) is 167 Å². The molecule has 0 aromatic heterocycles. The Hall–Kier alpha value is -3.23. The van der Waals surface area contributed by atoms with Gasteiger partial charge in [-0.25, -0.2) is 0 Å². The van der Waals surface area contributed by atoms with Crippen LogP contribution in [0.4, 0.5) is 0 Å². The smallest absolute Gasteiger partial charge is 0.306 e. The van der Waals surface area contributed by atoms with Crippen molar-refractivity contribution in [1.82, 2.24) is 0 Å². The zero-order valence-electron chi connectivity index (χ0n) is 35.6. The van der Waals surface area contributed by atoms with Crippen molar-refractivity contribution in [3.63, 3.8) is 0 Å². The minimum Gasteiger partial charge on any atom is -0.544 e. The Labute approximate surface area is 336 Å². The molecule has 0 aromatic carbocycles. The molecule has 2 atom stereocenters. The van der Waals surface area contributed by atoms with Gasteiger partial charge in [0, 0.05) is 19.3 Å². The fourth-order valence-electron chi connectivity index (χ4n) is 5.84. The third-order valence-corrected chi connectivity index (χ3v) is 9.20. The number of aliphatic carboxylic acids is 1. The number of esters is 2. The number of rotatable bonds is 37. The van der Waals surface area contributed by atoms with Gasteiger partial charge in [0.15, 0.2) is 6.10 Å². The predicted octanol–water partition coefficient (Wildman–Crippen LogP) is 10.2. The first-order valence-electron chi connectivity index (χ1n) is 21.5. The molecule has 0 aliphatic heterocycles. The first-order chi connectivity index (χ1) is 26.6. The summed E-state index contributed by atoms with van der Waals surface area (Å²) in [6, 6.07) is -0.736. The third kappa shape index (κ3) is 36.2. The average molecular weight is 770 g/mol. The minimum atomic E-state index is -1.14. The normalized spacial score (nSPS) is 13.7. The minimum absolute atomic E-state index is 0.0216. The van der Waals surface area contributed by atoms with Crippen LogP contribution in [0.3, 0.4) is 0 Å². The molecule has 0 aromatic rings. The fourth-order valence-corrected chi connectivity index (χ4v) is 5.84. The van der Waals surface area contributed by atoms with Crippen molar-refractivity contribution < 1.29 is 38.2 Å². The number of allylic oxidation sites excluding steroid dienone is 12. The second kappa shape index (κ2) is 37.7. The van der Waals surface area contributed by atoms with E-state index in [1.807, 2.05) is 12.2 Å². The molecule has 0 heterocycles. The molecule has 0 rings (SSSR count). The van der Waals surface area contributed by atoms with Crippen molar-refractivity contribution in [2.75, 3.05) is 41.0 Å². The van der Waals surface area contributed by atoms with Gasteiger partial charge in [-0.05, 0) is 57.8 Å². The summed E-state index contributed by atoms with van der Waals surface area (Å²) in [5.41, 5.74) is 0. The number of carboxylic acid groups (broad SMARTS) is 1. The maximum atomic E-state index is 12.7. The maximum Gasteiger partial charge on any atom is 0.306 e. The zero-order valence-corrected chi connectivity index (χ0v) is 35.6. The van der Waals surface area contributed by atoms with Crippen molar-refractivity contribution >= 4 is 17.9 Å². The number of carbonyl (C=O) groups excluding carboxylic acids is 3. The van der Waals surface area contributed by atoms with Gasteiger partial charge in [-0.15, -0.1) is 0 Å². The fraction of sp³-hybridized carbons (Fsp3) is 0.681. The Kier molecular flexibility index (Phi) is 35.5. The topological polar surface area (TPSA) is 102 Å². The van der Waals surface area contributed by atoms with Gasteiger partial charge in [0.25, 0.3) is 0 Å². The lowest BCUT2D eigenvalue weighted by Gasteiger charge is -2.34. The molecule has 314 valence electrons. The molecule has 0 saturated carbocycles. The van der Waals surface area contributed by atoms with E-state index in [2.05, 4.69) is 74.6 Å². The number of likely N-dealkylation sites (N-methyl/N-ethyl adjacent to an activating group) is 1. The van der Waals surface area contributed by atoms with Crippen molar-refractivity contribution in [3.05, 3.63) is 72.9 Å². The number of carbonyl (C=O) groups is 3. The van der Waals surface area contributed by atoms with Gasteiger partial charge in [-0.1, -0.05) is 151 Å². The van der Waals surface area contributed by atoms with E-state index < -0.39 is 18.1 Å². The van der Waals surface area contributed by atoms with E-state index in [0.29, 0.717) is 12.8 Å².